The quantitative estimate of drug-likeness (QED) is 0.693. The molecule has 0 bridgehead atoms. The first-order valence-electron chi connectivity index (χ1n) is 4.48. The highest BCUT2D eigenvalue weighted by Gasteiger charge is 2.02. The van der Waals surface area contributed by atoms with Crippen molar-refractivity contribution in [3.63, 3.8) is 0 Å². The van der Waals surface area contributed by atoms with Crippen LogP contribution < -0.4 is 9.61 Å². The van der Waals surface area contributed by atoms with Gasteiger partial charge in [0.2, 0.25) is 0 Å². The summed E-state index contributed by atoms with van der Waals surface area (Å²) >= 11 is 0. The van der Waals surface area contributed by atoms with Crippen molar-refractivity contribution in [1.29, 1.82) is 0 Å². The first-order chi connectivity index (χ1) is 6.09. The molecule has 0 unspecified atom stereocenters. The summed E-state index contributed by atoms with van der Waals surface area (Å²) in [6.07, 6.45) is 0. The molecule has 0 saturated carbocycles. The fourth-order valence-electron chi connectivity index (χ4n) is 1.09. The standard InChI is InChI=1S/C10H16OSi2/c1-12(2)10-7-5-9(6-8-10)11-13(3)4/h5-8H,1-4H3. The van der Waals surface area contributed by atoms with E-state index in [1.165, 1.54) is 5.19 Å². The smallest absolute Gasteiger partial charge is 0.274 e. The molecular weight excluding hydrogens is 192 g/mol. The average Bonchev–Trinajstić information content (AvgIpc) is 2.04. The first-order valence-corrected chi connectivity index (χ1v) is 9.39. The Kier molecular flexibility index (Phi) is 3.75. The second-order valence-corrected chi connectivity index (χ2v) is 8.13. The molecule has 0 aliphatic rings. The summed E-state index contributed by atoms with van der Waals surface area (Å²) in [5, 5.41) is 1.47. The third-order valence-corrected chi connectivity index (χ3v) is 3.89. The third kappa shape index (κ3) is 3.36. The van der Waals surface area contributed by atoms with E-state index in [0.29, 0.717) is 0 Å². The van der Waals surface area contributed by atoms with Gasteiger partial charge in [-0.15, -0.1) is 0 Å². The van der Waals surface area contributed by atoms with Gasteiger partial charge in [-0.3, -0.25) is 0 Å². The van der Waals surface area contributed by atoms with Crippen molar-refractivity contribution in [2.24, 2.45) is 0 Å². The number of benzene rings is 1. The van der Waals surface area contributed by atoms with E-state index in [1.807, 2.05) is 0 Å². The van der Waals surface area contributed by atoms with E-state index in [9.17, 15) is 0 Å². The third-order valence-electron chi connectivity index (χ3n) is 1.75. The number of hydrogen-bond donors (Lipinski definition) is 0. The molecule has 0 N–H and O–H groups in total. The van der Waals surface area contributed by atoms with Crippen molar-refractivity contribution < 1.29 is 4.43 Å². The topological polar surface area (TPSA) is 9.23 Å². The van der Waals surface area contributed by atoms with Crippen molar-refractivity contribution in [2.75, 3.05) is 0 Å². The second kappa shape index (κ2) is 4.62. The van der Waals surface area contributed by atoms with Crippen molar-refractivity contribution in [3.05, 3.63) is 24.3 Å². The summed E-state index contributed by atoms with van der Waals surface area (Å²) in [5.74, 6) is 1.02. The van der Waals surface area contributed by atoms with E-state index >= 15 is 0 Å². The molecule has 13 heavy (non-hydrogen) atoms. The molecule has 0 aromatic heterocycles. The lowest BCUT2D eigenvalue weighted by Crippen LogP contribution is -2.22. The highest BCUT2D eigenvalue weighted by molar-refractivity contribution is 6.70. The Balaban J connectivity index is 2.70. The largest absolute Gasteiger partial charge is 0.543 e. The maximum atomic E-state index is 5.66. The zero-order chi connectivity index (χ0) is 9.84. The van der Waals surface area contributed by atoms with Crippen LogP contribution in [0.1, 0.15) is 0 Å². The zero-order valence-electron chi connectivity index (χ0n) is 8.72. The van der Waals surface area contributed by atoms with Gasteiger partial charge in [-0.05, 0) is 25.2 Å². The second-order valence-electron chi connectivity index (χ2n) is 3.53. The van der Waals surface area contributed by atoms with E-state index < -0.39 is 9.04 Å². The maximum Gasteiger partial charge on any atom is 0.274 e. The van der Waals surface area contributed by atoms with E-state index in [1.54, 1.807) is 0 Å². The Morgan fingerprint density at radius 1 is 0.923 bits per heavy atom. The van der Waals surface area contributed by atoms with Crippen LogP contribution in [0.2, 0.25) is 26.2 Å². The van der Waals surface area contributed by atoms with Gasteiger partial charge < -0.3 is 4.43 Å². The predicted octanol–water partition coefficient (Wildman–Crippen LogP) is 2.28. The minimum absolute atomic E-state index is 0.304. The molecule has 1 nitrogen and oxygen atoms in total. The van der Waals surface area contributed by atoms with Gasteiger partial charge in [0.15, 0.2) is 0 Å². The van der Waals surface area contributed by atoms with Crippen LogP contribution in [0, 0.1) is 0 Å². The van der Waals surface area contributed by atoms with Crippen LogP contribution in [0.3, 0.4) is 0 Å². The van der Waals surface area contributed by atoms with Crippen molar-refractivity contribution in [1.82, 2.24) is 0 Å². The lowest BCUT2D eigenvalue weighted by Gasteiger charge is -2.09. The molecule has 0 aliphatic heterocycles. The highest BCUT2D eigenvalue weighted by Crippen LogP contribution is 2.08. The summed E-state index contributed by atoms with van der Waals surface area (Å²) in [5.41, 5.74) is 0. The van der Waals surface area contributed by atoms with E-state index in [0.717, 1.165) is 5.75 Å². The summed E-state index contributed by atoms with van der Waals surface area (Å²) in [4.78, 5) is 0. The molecule has 1 rings (SSSR count). The summed E-state index contributed by atoms with van der Waals surface area (Å²) in [7, 11) is -0.915. The Morgan fingerprint density at radius 2 is 1.46 bits per heavy atom. The highest BCUT2D eigenvalue weighted by atomic mass is 28.3. The van der Waals surface area contributed by atoms with Crippen LogP contribution in [0.5, 0.6) is 5.75 Å². The molecule has 0 fully saturated rings. The van der Waals surface area contributed by atoms with Crippen molar-refractivity contribution >= 4 is 23.0 Å². The molecule has 0 saturated heterocycles. The maximum absolute atomic E-state index is 5.66. The molecule has 3 heteroatoms. The van der Waals surface area contributed by atoms with Crippen molar-refractivity contribution in [2.45, 2.75) is 26.2 Å². The molecule has 70 valence electrons. The summed E-state index contributed by atoms with van der Waals surface area (Å²) in [6, 6.07) is 8.55. The molecule has 0 amide bonds. The fourth-order valence-corrected chi connectivity index (χ4v) is 2.53. The van der Waals surface area contributed by atoms with Gasteiger partial charge >= 0.3 is 0 Å². The average molecular weight is 208 g/mol. The Hall–Kier alpha value is -0.546. The van der Waals surface area contributed by atoms with Crippen LogP contribution >= 0.6 is 0 Å². The summed E-state index contributed by atoms with van der Waals surface area (Å²) < 4.78 is 5.66. The minimum atomic E-state index is -0.611. The Bertz CT molecular complexity index is 254. The monoisotopic (exact) mass is 208 g/mol. The number of hydrogen-bond acceptors (Lipinski definition) is 1. The molecule has 0 spiro atoms. The SMILES string of the molecule is C[Si](C)Oc1ccc([Si](C)C)cc1. The van der Waals surface area contributed by atoms with Crippen LogP contribution in [-0.2, 0) is 0 Å². The predicted molar refractivity (Wildman–Crippen MR) is 61.7 cm³/mol. The lowest BCUT2D eigenvalue weighted by atomic mass is 10.3. The summed E-state index contributed by atoms with van der Waals surface area (Å²) in [6.45, 7) is 8.89. The van der Waals surface area contributed by atoms with Crippen LogP contribution in [0.25, 0.3) is 0 Å². The first kappa shape index (κ1) is 10.5. The lowest BCUT2D eigenvalue weighted by molar-refractivity contribution is 0.581. The molecule has 0 atom stereocenters. The van der Waals surface area contributed by atoms with Gasteiger partial charge in [0.25, 0.3) is 9.04 Å². The van der Waals surface area contributed by atoms with Gasteiger partial charge in [-0.25, -0.2) is 0 Å². The van der Waals surface area contributed by atoms with Gasteiger partial charge in [0.05, 0.1) is 8.80 Å². The van der Waals surface area contributed by atoms with Gasteiger partial charge in [0, 0.05) is 0 Å². The van der Waals surface area contributed by atoms with Crippen LogP contribution in [0.4, 0.5) is 0 Å². The minimum Gasteiger partial charge on any atom is -0.543 e. The van der Waals surface area contributed by atoms with E-state index in [-0.39, 0.29) is 8.80 Å². The number of rotatable bonds is 3. The fraction of sp³-hybridized carbons (Fsp3) is 0.400. The van der Waals surface area contributed by atoms with Crippen LogP contribution in [0.15, 0.2) is 24.3 Å². The Morgan fingerprint density at radius 3 is 1.85 bits per heavy atom. The zero-order valence-corrected chi connectivity index (χ0v) is 10.7. The van der Waals surface area contributed by atoms with Gasteiger partial charge in [-0.2, -0.15) is 0 Å². The van der Waals surface area contributed by atoms with Gasteiger partial charge in [-0.1, -0.05) is 30.4 Å². The van der Waals surface area contributed by atoms with E-state index in [4.69, 9.17) is 4.43 Å². The van der Waals surface area contributed by atoms with Crippen molar-refractivity contribution in [3.8, 4) is 5.75 Å². The van der Waals surface area contributed by atoms with Gasteiger partial charge in [0.1, 0.15) is 5.75 Å². The van der Waals surface area contributed by atoms with E-state index in [2.05, 4.69) is 50.5 Å². The molecule has 2 radical (unpaired) electrons. The Labute approximate surface area is 84.1 Å². The normalized spacial score (nSPS) is 10.9. The molecular formula is C10H16OSi2. The van der Waals surface area contributed by atoms with Crippen LogP contribution in [-0.4, -0.2) is 17.8 Å². The molecule has 0 aliphatic carbocycles. The molecule has 0 heterocycles. The molecule has 1 aromatic rings. The molecule has 1 aromatic carbocycles.